The van der Waals surface area contributed by atoms with Gasteiger partial charge in [0.05, 0.1) is 0 Å². The van der Waals surface area contributed by atoms with E-state index in [1.54, 1.807) is 0 Å². The average molecular weight is 162 g/mol. The lowest BCUT2D eigenvalue weighted by atomic mass is 9.96. The highest BCUT2D eigenvalue weighted by molar-refractivity contribution is 5.18. The predicted octanol–water partition coefficient (Wildman–Crippen LogP) is 3.98. The SMILES string of the molecule is CCCCC(C)c1ccccc1. The number of hydrogen-bond donors (Lipinski definition) is 0. The van der Waals surface area contributed by atoms with E-state index in [1.807, 2.05) is 0 Å². The van der Waals surface area contributed by atoms with Gasteiger partial charge in [-0.25, -0.2) is 0 Å². The summed E-state index contributed by atoms with van der Waals surface area (Å²) in [7, 11) is 0. The Balaban J connectivity index is 2.48. The Bertz CT molecular complexity index is 201. The molecule has 0 heteroatoms. The van der Waals surface area contributed by atoms with Gasteiger partial charge in [0.1, 0.15) is 0 Å². The lowest BCUT2D eigenvalue weighted by Gasteiger charge is -2.10. The second-order valence-corrected chi connectivity index (χ2v) is 3.45. The van der Waals surface area contributed by atoms with E-state index in [9.17, 15) is 0 Å². The van der Waals surface area contributed by atoms with Gasteiger partial charge in [-0.3, -0.25) is 0 Å². The van der Waals surface area contributed by atoms with E-state index < -0.39 is 0 Å². The minimum Gasteiger partial charge on any atom is -0.0654 e. The Kier molecular flexibility index (Phi) is 3.86. The Morgan fingerprint density at radius 1 is 1.17 bits per heavy atom. The molecule has 1 unspecified atom stereocenters. The molecule has 1 aromatic rings. The third kappa shape index (κ3) is 2.69. The van der Waals surface area contributed by atoms with Gasteiger partial charge < -0.3 is 0 Å². The predicted molar refractivity (Wildman–Crippen MR) is 54.4 cm³/mol. The molecule has 1 rings (SSSR count). The molecule has 0 aliphatic heterocycles. The van der Waals surface area contributed by atoms with Crippen LogP contribution in [0.3, 0.4) is 0 Å². The molecule has 0 fully saturated rings. The molecule has 12 heavy (non-hydrogen) atoms. The molecule has 0 saturated heterocycles. The highest BCUT2D eigenvalue weighted by atomic mass is 14.1. The Labute approximate surface area is 75.6 Å². The number of unbranched alkanes of at least 4 members (excludes halogenated alkanes) is 1. The Morgan fingerprint density at radius 3 is 2.42 bits per heavy atom. The van der Waals surface area contributed by atoms with Crippen LogP contribution < -0.4 is 0 Å². The molecule has 0 bridgehead atoms. The van der Waals surface area contributed by atoms with E-state index in [0.29, 0.717) is 0 Å². The average Bonchev–Trinajstić information content (AvgIpc) is 2.15. The van der Waals surface area contributed by atoms with Crippen molar-refractivity contribution in [3.63, 3.8) is 0 Å². The molecular formula is C12H18. The normalized spacial score (nSPS) is 12.8. The summed E-state index contributed by atoms with van der Waals surface area (Å²) in [5, 5.41) is 0. The minimum atomic E-state index is 0.728. The van der Waals surface area contributed by atoms with Crippen molar-refractivity contribution < 1.29 is 0 Å². The molecule has 0 amide bonds. The molecule has 1 aromatic carbocycles. The van der Waals surface area contributed by atoms with Crippen molar-refractivity contribution in [2.45, 2.75) is 39.0 Å². The summed E-state index contributed by atoms with van der Waals surface area (Å²) < 4.78 is 0. The zero-order chi connectivity index (χ0) is 8.81. The summed E-state index contributed by atoms with van der Waals surface area (Å²) in [4.78, 5) is 0. The van der Waals surface area contributed by atoms with E-state index >= 15 is 0 Å². The fourth-order valence-electron chi connectivity index (χ4n) is 1.46. The zero-order valence-electron chi connectivity index (χ0n) is 8.09. The van der Waals surface area contributed by atoms with Crippen LogP contribution in [0.5, 0.6) is 0 Å². The third-order valence-electron chi connectivity index (χ3n) is 2.36. The maximum atomic E-state index is 2.31. The molecule has 0 nitrogen and oxygen atoms in total. The first kappa shape index (κ1) is 9.31. The van der Waals surface area contributed by atoms with Gasteiger partial charge in [-0.05, 0) is 17.9 Å². The van der Waals surface area contributed by atoms with E-state index in [-0.39, 0.29) is 0 Å². The first-order valence-corrected chi connectivity index (χ1v) is 4.89. The number of rotatable bonds is 4. The summed E-state index contributed by atoms with van der Waals surface area (Å²) in [6.45, 7) is 4.56. The van der Waals surface area contributed by atoms with Crippen LogP contribution in [0.1, 0.15) is 44.6 Å². The van der Waals surface area contributed by atoms with Gasteiger partial charge >= 0.3 is 0 Å². The molecule has 0 radical (unpaired) electrons. The number of benzene rings is 1. The topological polar surface area (TPSA) is 0 Å². The molecule has 0 aliphatic rings. The standard InChI is InChI=1S/C12H18/c1-3-4-8-11(2)12-9-6-5-7-10-12/h5-7,9-11H,3-4,8H2,1-2H3. The Hall–Kier alpha value is -0.780. The van der Waals surface area contributed by atoms with Gasteiger partial charge in [0.25, 0.3) is 0 Å². The van der Waals surface area contributed by atoms with Crippen LogP contribution >= 0.6 is 0 Å². The van der Waals surface area contributed by atoms with Gasteiger partial charge in [0.15, 0.2) is 0 Å². The maximum absolute atomic E-state index is 2.31. The lowest BCUT2D eigenvalue weighted by molar-refractivity contribution is 0.624. The van der Waals surface area contributed by atoms with Crippen molar-refractivity contribution in [1.29, 1.82) is 0 Å². The third-order valence-corrected chi connectivity index (χ3v) is 2.36. The van der Waals surface area contributed by atoms with Crippen molar-refractivity contribution in [3.8, 4) is 0 Å². The number of hydrogen-bond acceptors (Lipinski definition) is 0. The fraction of sp³-hybridized carbons (Fsp3) is 0.500. The van der Waals surface area contributed by atoms with E-state index in [0.717, 1.165) is 5.92 Å². The highest BCUT2D eigenvalue weighted by Crippen LogP contribution is 2.20. The first-order valence-electron chi connectivity index (χ1n) is 4.89. The molecule has 0 heterocycles. The largest absolute Gasteiger partial charge is 0.0654 e. The molecule has 0 saturated carbocycles. The van der Waals surface area contributed by atoms with Crippen LogP contribution in [0.2, 0.25) is 0 Å². The lowest BCUT2D eigenvalue weighted by Crippen LogP contribution is -1.92. The van der Waals surface area contributed by atoms with Crippen LogP contribution in [0, 0.1) is 0 Å². The first-order chi connectivity index (χ1) is 5.84. The molecule has 0 spiro atoms. The van der Waals surface area contributed by atoms with Crippen molar-refractivity contribution in [1.82, 2.24) is 0 Å². The zero-order valence-corrected chi connectivity index (χ0v) is 8.09. The summed E-state index contributed by atoms with van der Waals surface area (Å²) in [5.74, 6) is 0.728. The van der Waals surface area contributed by atoms with Gasteiger partial charge in [-0.1, -0.05) is 57.0 Å². The van der Waals surface area contributed by atoms with E-state index in [4.69, 9.17) is 0 Å². The molecule has 0 N–H and O–H groups in total. The second-order valence-electron chi connectivity index (χ2n) is 3.45. The molecule has 0 aromatic heterocycles. The molecule has 66 valence electrons. The quantitative estimate of drug-likeness (QED) is 0.628. The fourth-order valence-corrected chi connectivity index (χ4v) is 1.46. The van der Waals surface area contributed by atoms with Crippen LogP contribution in [0.4, 0.5) is 0 Å². The minimum absolute atomic E-state index is 0.728. The van der Waals surface area contributed by atoms with E-state index in [2.05, 4.69) is 44.2 Å². The van der Waals surface area contributed by atoms with Gasteiger partial charge in [-0.2, -0.15) is 0 Å². The van der Waals surface area contributed by atoms with Crippen LogP contribution in [-0.4, -0.2) is 0 Å². The summed E-state index contributed by atoms with van der Waals surface area (Å²) in [6.07, 6.45) is 3.97. The second kappa shape index (κ2) is 4.97. The monoisotopic (exact) mass is 162 g/mol. The molecule has 1 atom stereocenters. The van der Waals surface area contributed by atoms with Gasteiger partial charge in [0.2, 0.25) is 0 Å². The maximum Gasteiger partial charge on any atom is -0.0190 e. The van der Waals surface area contributed by atoms with Crippen LogP contribution in [0.25, 0.3) is 0 Å². The molecule has 0 aliphatic carbocycles. The smallest absolute Gasteiger partial charge is 0.0190 e. The van der Waals surface area contributed by atoms with Crippen molar-refractivity contribution in [2.24, 2.45) is 0 Å². The summed E-state index contributed by atoms with van der Waals surface area (Å²) in [5.41, 5.74) is 1.48. The van der Waals surface area contributed by atoms with Crippen molar-refractivity contribution in [3.05, 3.63) is 35.9 Å². The van der Waals surface area contributed by atoms with E-state index in [1.165, 1.54) is 24.8 Å². The van der Waals surface area contributed by atoms with Crippen LogP contribution in [-0.2, 0) is 0 Å². The van der Waals surface area contributed by atoms with Crippen LogP contribution in [0.15, 0.2) is 30.3 Å². The Morgan fingerprint density at radius 2 is 1.83 bits per heavy atom. The van der Waals surface area contributed by atoms with Gasteiger partial charge in [0, 0.05) is 0 Å². The summed E-state index contributed by atoms with van der Waals surface area (Å²) in [6, 6.07) is 10.8. The van der Waals surface area contributed by atoms with Crippen molar-refractivity contribution >= 4 is 0 Å². The summed E-state index contributed by atoms with van der Waals surface area (Å²) >= 11 is 0. The van der Waals surface area contributed by atoms with Gasteiger partial charge in [-0.15, -0.1) is 0 Å². The van der Waals surface area contributed by atoms with Crippen molar-refractivity contribution in [2.75, 3.05) is 0 Å². The highest BCUT2D eigenvalue weighted by Gasteiger charge is 2.02. The molecular weight excluding hydrogens is 144 g/mol.